The predicted molar refractivity (Wildman–Crippen MR) is 77.8 cm³/mol. The number of nitrogens with one attached hydrogen (secondary N) is 1. The van der Waals surface area contributed by atoms with Crippen LogP contribution in [-0.2, 0) is 0 Å². The highest BCUT2D eigenvalue weighted by molar-refractivity contribution is 5.24. The highest BCUT2D eigenvalue weighted by Gasteiger charge is 2.14. The summed E-state index contributed by atoms with van der Waals surface area (Å²) >= 11 is 0. The van der Waals surface area contributed by atoms with Gasteiger partial charge in [0, 0.05) is 30.7 Å². The molecule has 0 aliphatic heterocycles. The summed E-state index contributed by atoms with van der Waals surface area (Å²) in [4.78, 5) is 8.47. The Bertz CT molecular complexity index is 493. The van der Waals surface area contributed by atoms with E-state index in [1.165, 1.54) is 11.1 Å². The second kappa shape index (κ2) is 6.43. The van der Waals surface area contributed by atoms with Gasteiger partial charge in [0.2, 0.25) is 0 Å². The Hall–Kier alpha value is -1.74. The van der Waals surface area contributed by atoms with E-state index in [-0.39, 0.29) is 6.04 Å². The lowest BCUT2D eigenvalue weighted by Gasteiger charge is -2.22. The van der Waals surface area contributed by atoms with E-state index in [2.05, 4.69) is 60.3 Å². The van der Waals surface area contributed by atoms with E-state index in [1.807, 2.05) is 6.20 Å². The van der Waals surface area contributed by atoms with Crippen LogP contribution in [0.2, 0.25) is 0 Å². The average Bonchev–Trinajstić information content (AvgIpc) is 2.46. The maximum absolute atomic E-state index is 4.35. The second-order valence-electron chi connectivity index (χ2n) is 4.89. The van der Waals surface area contributed by atoms with Crippen LogP contribution in [0.1, 0.15) is 49.2 Å². The second-order valence-corrected chi connectivity index (χ2v) is 4.89. The van der Waals surface area contributed by atoms with Crippen molar-refractivity contribution >= 4 is 0 Å². The molecular formula is C16H21N3. The molecule has 3 heteroatoms. The summed E-state index contributed by atoms with van der Waals surface area (Å²) < 4.78 is 0. The van der Waals surface area contributed by atoms with E-state index >= 15 is 0 Å². The fraction of sp³-hybridized carbons (Fsp3) is 0.375. The Morgan fingerprint density at radius 2 is 1.89 bits per heavy atom. The Morgan fingerprint density at radius 3 is 2.47 bits per heavy atom. The number of hydrogen-bond donors (Lipinski definition) is 1. The number of hydrogen-bond acceptors (Lipinski definition) is 3. The number of nitrogens with zero attached hydrogens (tertiary/aromatic N) is 2. The van der Waals surface area contributed by atoms with Crippen LogP contribution in [0, 0.1) is 6.92 Å². The number of aromatic nitrogens is 2. The summed E-state index contributed by atoms with van der Waals surface area (Å²) in [7, 11) is 0. The summed E-state index contributed by atoms with van der Waals surface area (Å²) in [5, 5.41) is 3.62. The van der Waals surface area contributed by atoms with Crippen molar-refractivity contribution < 1.29 is 0 Å². The van der Waals surface area contributed by atoms with E-state index in [0.29, 0.717) is 6.04 Å². The third-order valence-corrected chi connectivity index (χ3v) is 3.37. The van der Waals surface area contributed by atoms with E-state index in [0.717, 1.165) is 12.1 Å². The van der Waals surface area contributed by atoms with Crippen molar-refractivity contribution in [3.05, 3.63) is 59.7 Å². The van der Waals surface area contributed by atoms with Crippen molar-refractivity contribution in [2.75, 3.05) is 0 Å². The molecule has 1 aromatic carbocycles. The quantitative estimate of drug-likeness (QED) is 0.887. The minimum atomic E-state index is 0.194. The lowest BCUT2D eigenvalue weighted by molar-refractivity contribution is 0.449. The monoisotopic (exact) mass is 255 g/mol. The molecule has 100 valence electrons. The van der Waals surface area contributed by atoms with Gasteiger partial charge in [-0.25, -0.2) is 0 Å². The molecule has 0 amide bonds. The minimum Gasteiger partial charge on any atom is -0.302 e. The Labute approximate surface area is 115 Å². The molecule has 0 spiro atoms. The van der Waals surface area contributed by atoms with Crippen LogP contribution in [-0.4, -0.2) is 9.97 Å². The van der Waals surface area contributed by atoms with Gasteiger partial charge in [-0.1, -0.05) is 36.8 Å². The topological polar surface area (TPSA) is 37.8 Å². The van der Waals surface area contributed by atoms with Gasteiger partial charge < -0.3 is 5.32 Å². The molecule has 1 heterocycles. The number of aryl methyl sites for hydroxylation is 1. The molecule has 0 aliphatic carbocycles. The molecule has 0 radical (unpaired) electrons. The summed E-state index contributed by atoms with van der Waals surface area (Å²) in [6.07, 6.45) is 6.31. The Kier molecular flexibility index (Phi) is 4.63. The molecule has 3 nitrogen and oxygen atoms in total. The molecular weight excluding hydrogens is 234 g/mol. The fourth-order valence-electron chi connectivity index (χ4n) is 2.17. The van der Waals surface area contributed by atoms with Crippen molar-refractivity contribution in [2.45, 2.75) is 39.3 Å². The molecule has 1 aromatic heterocycles. The van der Waals surface area contributed by atoms with Crippen molar-refractivity contribution in [1.29, 1.82) is 0 Å². The van der Waals surface area contributed by atoms with Crippen LogP contribution in [0.5, 0.6) is 0 Å². The molecule has 2 aromatic rings. The van der Waals surface area contributed by atoms with Gasteiger partial charge in [-0.05, 0) is 25.8 Å². The molecule has 2 unspecified atom stereocenters. The van der Waals surface area contributed by atoms with Gasteiger partial charge in [-0.2, -0.15) is 0 Å². The lowest BCUT2D eigenvalue weighted by Crippen LogP contribution is -2.25. The maximum atomic E-state index is 4.35. The molecule has 0 saturated heterocycles. The Balaban J connectivity index is 2.09. The zero-order valence-corrected chi connectivity index (χ0v) is 11.8. The first-order valence-corrected chi connectivity index (χ1v) is 6.79. The van der Waals surface area contributed by atoms with Gasteiger partial charge >= 0.3 is 0 Å². The van der Waals surface area contributed by atoms with Crippen LogP contribution in [0.4, 0.5) is 0 Å². The van der Waals surface area contributed by atoms with Gasteiger partial charge in [0.05, 0.1) is 5.69 Å². The predicted octanol–water partition coefficient (Wildman–Crippen LogP) is 3.59. The van der Waals surface area contributed by atoms with Crippen LogP contribution in [0.15, 0.2) is 42.9 Å². The standard InChI is InChI=1S/C16H21N3/c1-4-15(14-7-5-12(2)6-8-14)19-13(3)16-11-17-9-10-18-16/h5-11,13,15,19H,4H2,1-3H3. The summed E-state index contributed by atoms with van der Waals surface area (Å²) in [6.45, 7) is 6.43. The van der Waals surface area contributed by atoms with Crippen LogP contribution >= 0.6 is 0 Å². The largest absolute Gasteiger partial charge is 0.302 e. The van der Waals surface area contributed by atoms with Gasteiger partial charge in [0.1, 0.15) is 0 Å². The normalized spacial score (nSPS) is 14.1. The van der Waals surface area contributed by atoms with Gasteiger partial charge in [0.25, 0.3) is 0 Å². The van der Waals surface area contributed by atoms with Gasteiger partial charge in [-0.3, -0.25) is 9.97 Å². The highest BCUT2D eigenvalue weighted by Crippen LogP contribution is 2.21. The van der Waals surface area contributed by atoms with Gasteiger partial charge in [0.15, 0.2) is 0 Å². The van der Waals surface area contributed by atoms with Crippen molar-refractivity contribution in [3.63, 3.8) is 0 Å². The van der Waals surface area contributed by atoms with Crippen molar-refractivity contribution in [2.24, 2.45) is 0 Å². The average molecular weight is 255 g/mol. The van der Waals surface area contributed by atoms with Gasteiger partial charge in [-0.15, -0.1) is 0 Å². The minimum absolute atomic E-state index is 0.194. The van der Waals surface area contributed by atoms with E-state index in [4.69, 9.17) is 0 Å². The highest BCUT2D eigenvalue weighted by atomic mass is 15.0. The van der Waals surface area contributed by atoms with Crippen LogP contribution in [0.25, 0.3) is 0 Å². The van der Waals surface area contributed by atoms with Crippen molar-refractivity contribution in [1.82, 2.24) is 15.3 Å². The third kappa shape index (κ3) is 3.61. The first-order chi connectivity index (χ1) is 9.20. The number of benzene rings is 1. The fourth-order valence-corrected chi connectivity index (χ4v) is 2.17. The molecule has 0 saturated carbocycles. The lowest BCUT2D eigenvalue weighted by atomic mass is 10.0. The van der Waals surface area contributed by atoms with E-state index < -0.39 is 0 Å². The zero-order valence-electron chi connectivity index (χ0n) is 11.8. The van der Waals surface area contributed by atoms with Crippen molar-refractivity contribution in [3.8, 4) is 0 Å². The molecule has 2 rings (SSSR count). The van der Waals surface area contributed by atoms with E-state index in [1.54, 1.807) is 12.4 Å². The SMILES string of the molecule is CCC(NC(C)c1cnccn1)c1ccc(C)cc1. The molecule has 0 fully saturated rings. The molecule has 0 bridgehead atoms. The molecule has 2 atom stereocenters. The summed E-state index contributed by atoms with van der Waals surface area (Å²) in [5.41, 5.74) is 3.59. The van der Waals surface area contributed by atoms with E-state index in [9.17, 15) is 0 Å². The molecule has 1 N–H and O–H groups in total. The maximum Gasteiger partial charge on any atom is 0.0753 e. The summed E-state index contributed by atoms with van der Waals surface area (Å²) in [5.74, 6) is 0. The number of rotatable bonds is 5. The first kappa shape index (κ1) is 13.7. The summed E-state index contributed by atoms with van der Waals surface area (Å²) in [6, 6.07) is 9.25. The third-order valence-electron chi connectivity index (χ3n) is 3.37. The molecule has 0 aliphatic rings. The molecule has 19 heavy (non-hydrogen) atoms. The smallest absolute Gasteiger partial charge is 0.0753 e. The zero-order chi connectivity index (χ0) is 13.7. The van der Waals surface area contributed by atoms with Crippen LogP contribution < -0.4 is 5.32 Å². The first-order valence-electron chi connectivity index (χ1n) is 6.79. The van der Waals surface area contributed by atoms with Crippen LogP contribution in [0.3, 0.4) is 0 Å². The Morgan fingerprint density at radius 1 is 1.16 bits per heavy atom.